The Morgan fingerprint density at radius 3 is 2.91 bits per heavy atom. The molecule has 2 aliphatic rings. The largest absolute Gasteiger partial charge is 0.338 e. The van der Waals surface area contributed by atoms with Gasteiger partial charge in [-0.1, -0.05) is 6.07 Å². The number of nitrogens with zero attached hydrogens (tertiary/aromatic N) is 2. The van der Waals surface area contributed by atoms with Crippen molar-refractivity contribution in [3.8, 4) is 0 Å². The van der Waals surface area contributed by atoms with Crippen LogP contribution >= 0.6 is 0 Å². The first-order chi connectivity index (χ1) is 11.2. The van der Waals surface area contributed by atoms with Crippen LogP contribution in [0.3, 0.4) is 0 Å². The van der Waals surface area contributed by atoms with E-state index in [1.54, 1.807) is 4.90 Å². The molecule has 1 unspecified atom stereocenters. The van der Waals surface area contributed by atoms with Gasteiger partial charge in [-0.05, 0) is 57.0 Å². The number of carbonyl (C=O) groups excluding carboxylic acids is 2. The Morgan fingerprint density at radius 2 is 2.17 bits per heavy atom. The Hall–Kier alpha value is -1.88. The zero-order valence-electron chi connectivity index (χ0n) is 13.8. The molecule has 0 aromatic heterocycles. The molecule has 5 heteroatoms. The number of hydrogen-bond donors (Lipinski definition) is 1. The van der Waals surface area contributed by atoms with E-state index in [0.717, 1.165) is 44.7 Å². The van der Waals surface area contributed by atoms with Crippen molar-refractivity contribution in [1.29, 1.82) is 0 Å². The van der Waals surface area contributed by atoms with Gasteiger partial charge in [0.25, 0.3) is 5.91 Å². The topological polar surface area (TPSA) is 52.7 Å². The summed E-state index contributed by atoms with van der Waals surface area (Å²) < 4.78 is 0. The van der Waals surface area contributed by atoms with Crippen LogP contribution in [0.1, 0.15) is 36.0 Å². The van der Waals surface area contributed by atoms with Gasteiger partial charge in [-0.2, -0.15) is 0 Å². The summed E-state index contributed by atoms with van der Waals surface area (Å²) in [7, 11) is 1.96. The van der Waals surface area contributed by atoms with Crippen molar-refractivity contribution in [1.82, 2.24) is 10.2 Å². The van der Waals surface area contributed by atoms with Crippen LogP contribution in [0.4, 0.5) is 5.69 Å². The highest BCUT2D eigenvalue weighted by molar-refractivity contribution is 5.99. The van der Waals surface area contributed by atoms with Gasteiger partial charge in [0.1, 0.15) is 0 Å². The average molecular weight is 315 g/mol. The van der Waals surface area contributed by atoms with Crippen molar-refractivity contribution in [2.45, 2.75) is 25.7 Å². The average Bonchev–Trinajstić information content (AvgIpc) is 3.01. The summed E-state index contributed by atoms with van der Waals surface area (Å²) in [5, 5.41) is 3.21. The number of nitrogens with one attached hydrogen (secondary N) is 1. The lowest BCUT2D eigenvalue weighted by molar-refractivity contribution is -0.117. The molecule has 0 bridgehead atoms. The molecule has 0 saturated carbocycles. The maximum Gasteiger partial charge on any atom is 0.253 e. The number of anilines is 1. The van der Waals surface area contributed by atoms with Crippen LogP contribution in [0, 0.1) is 5.92 Å². The number of carbonyl (C=O) groups is 2. The standard InChI is InChI=1S/C18H25N3O2/c1-19-12-14-5-3-9-20(13-14)18(23)15-6-2-7-16(11-15)21-10-4-8-17(21)22/h2,6-7,11,14,19H,3-5,8-10,12-13H2,1H3. The monoisotopic (exact) mass is 315 g/mol. The molecular weight excluding hydrogens is 290 g/mol. The smallest absolute Gasteiger partial charge is 0.253 e. The fraction of sp³-hybridized carbons (Fsp3) is 0.556. The lowest BCUT2D eigenvalue weighted by Crippen LogP contribution is -2.42. The van der Waals surface area contributed by atoms with Crippen LogP contribution in [-0.4, -0.2) is 49.9 Å². The predicted molar refractivity (Wildman–Crippen MR) is 90.6 cm³/mol. The molecule has 0 aliphatic carbocycles. The first-order valence-corrected chi connectivity index (χ1v) is 8.53. The van der Waals surface area contributed by atoms with Crippen LogP contribution in [0.25, 0.3) is 0 Å². The summed E-state index contributed by atoms with van der Waals surface area (Å²) >= 11 is 0. The normalized spacial score (nSPS) is 21.8. The number of rotatable bonds is 4. The van der Waals surface area contributed by atoms with Gasteiger partial charge in [0.05, 0.1) is 0 Å². The molecule has 5 nitrogen and oxygen atoms in total. The maximum absolute atomic E-state index is 12.8. The molecule has 0 radical (unpaired) electrons. The Bertz CT molecular complexity index is 585. The Morgan fingerprint density at radius 1 is 1.30 bits per heavy atom. The van der Waals surface area contributed by atoms with Crippen molar-refractivity contribution in [2.75, 3.05) is 38.1 Å². The Balaban J connectivity index is 1.73. The molecule has 23 heavy (non-hydrogen) atoms. The van der Waals surface area contributed by atoms with Crippen LogP contribution in [0.15, 0.2) is 24.3 Å². The molecule has 2 heterocycles. The van der Waals surface area contributed by atoms with E-state index in [1.165, 1.54) is 6.42 Å². The predicted octanol–water partition coefficient (Wildman–Crippen LogP) is 1.88. The van der Waals surface area contributed by atoms with Crippen LogP contribution in [0.2, 0.25) is 0 Å². The van der Waals surface area contributed by atoms with Crippen LogP contribution in [-0.2, 0) is 4.79 Å². The van der Waals surface area contributed by atoms with Crippen LogP contribution < -0.4 is 10.2 Å². The summed E-state index contributed by atoms with van der Waals surface area (Å²) in [6, 6.07) is 7.52. The molecule has 2 amide bonds. The summed E-state index contributed by atoms with van der Waals surface area (Å²) in [6.45, 7) is 3.34. The number of hydrogen-bond acceptors (Lipinski definition) is 3. The quantitative estimate of drug-likeness (QED) is 0.923. The second kappa shape index (κ2) is 7.13. The summed E-state index contributed by atoms with van der Waals surface area (Å²) in [4.78, 5) is 28.4. The summed E-state index contributed by atoms with van der Waals surface area (Å²) in [6.07, 6.45) is 3.74. The number of amides is 2. The minimum absolute atomic E-state index is 0.0827. The summed E-state index contributed by atoms with van der Waals surface area (Å²) in [5.41, 5.74) is 1.54. The fourth-order valence-electron chi connectivity index (χ4n) is 3.62. The summed E-state index contributed by atoms with van der Waals surface area (Å²) in [5.74, 6) is 0.766. The molecule has 3 rings (SSSR count). The first kappa shape index (κ1) is 16.0. The highest BCUT2D eigenvalue weighted by Gasteiger charge is 2.26. The number of piperidine rings is 1. The van der Waals surface area contributed by atoms with Crippen molar-refractivity contribution in [2.24, 2.45) is 5.92 Å². The molecule has 2 aliphatic heterocycles. The molecule has 124 valence electrons. The second-order valence-corrected chi connectivity index (χ2v) is 6.52. The Labute approximate surface area is 137 Å². The van der Waals surface area contributed by atoms with Gasteiger partial charge in [0.15, 0.2) is 0 Å². The van der Waals surface area contributed by atoms with Crippen molar-refractivity contribution < 1.29 is 9.59 Å². The van der Waals surface area contributed by atoms with Gasteiger partial charge in [-0.15, -0.1) is 0 Å². The molecule has 2 fully saturated rings. The second-order valence-electron chi connectivity index (χ2n) is 6.52. The van der Waals surface area contributed by atoms with Crippen molar-refractivity contribution in [3.63, 3.8) is 0 Å². The first-order valence-electron chi connectivity index (χ1n) is 8.53. The zero-order valence-corrected chi connectivity index (χ0v) is 13.8. The highest BCUT2D eigenvalue weighted by atomic mass is 16.2. The van der Waals surface area contributed by atoms with Gasteiger partial charge >= 0.3 is 0 Å². The van der Waals surface area contributed by atoms with Crippen LogP contribution in [0.5, 0.6) is 0 Å². The number of benzene rings is 1. The zero-order chi connectivity index (χ0) is 16.2. The van der Waals surface area contributed by atoms with E-state index in [4.69, 9.17) is 0 Å². The third-order valence-corrected chi connectivity index (χ3v) is 4.78. The molecule has 1 N–H and O–H groups in total. The molecular formula is C18H25N3O2. The lowest BCUT2D eigenvalue weighted by atomic mass is 9.97. The Kier molecular flexibility index (Phi) is 4.96. The lowest BCUT2D eigenvalue weighted by Gasteiger charge is -2.33. The minimum atomic E-state index is 0.0827. The minimum Gasteiger partial charge on any atom is -0.338 e. The fourth-order valence-corrected chi connectivity index (χ4v) is 3.62. The van der Waals surface area contributed by atoms with E-state index < -0.39 is 0 Å². The third-order valence-electron chi connectivity index (χ3n) is 4.78. The molecule has 0 spiro atoms. The SMILES string of the molecule is CNCC1CCCN(C(=O)c2cccc(N3CCCC3=O)c2)C1. The van der Waals surface area contributed by atoms with E-state index in [2.05, 4.69) is 5.32 Å². The van der Waals surface area contributed by atoms with Crippen molar-refractivity contribution >= 4 is 17.5 Å². The van der Waals surface area contributed by atoms with E-state index >= 15 is 0 Å². The molecule has 1 aromatic carbocycles. The van der Waals surface area contributed by atoms with E-state index in [-0.39, 0.29) is 11.8 Å². The van der Waals surface area contributed by atoms with Gasteiger partial charge in [-0.25, -0.2) is 0 Å². The molecule has 2 saturated heterocycles. The highest BCUT2D eigenvalue weighted by Crippen LogP contribution is 2.24. The molecule has 1 aromatic rings. The maximum atomic E-state index is 12.8. The molecule has 1 atom stereocenters. The van der Waals surface area contributed by atoms with E-state index in [1.807, 2.05) is 36.2 Å². The van der Waals surface area contributed by atoms with E-state index in [9.17, 15) is 9.59 Å². The van der Waals surface area contributed by atoms with Crippen molar-refractivity contribution in [3.05, 3.63) is 29.8 Å². The van der Waals surface area contributed by atoms with Gasteiger partial charge in [-0.3, -0.25) is 9.59 Å². The number of likely N-dealkylation sites (tertiary alicyclic amines) is 1. The van der Waals surface area contributed by atoms with Gasteiger partial charge < -0.3 is 15.1 Å². The van der Waals surface area contributed by atoms with Gasteiger partial charge in [0, 0.05) is 37.3 Å². The third kappa shape index (κ3) is 3.55. The van der Waals surface area contributed by atoms with E-state index in [0.29, 0.717) is 17.9 Å². The van der Waals surface area contributed by atoms with Gasteiger partial charge in [0.2, 0.25) is 5.91 Å².